The van der Waals surface area contributed by atoms with Gasteiger partial charge in [0.05, 0.1) is 0 Å². The van der Waals surface area contributed by atoms with Crippen LogP contribution in [0.25, 0.3) is 0 Å². The van der Waals surface area contributed by atoms with Gasteiger partial charge in [-0.05, 0) is 36.6 Å². The topological polar surface area (TPSA) is 44.5 Å². The number of halogens is 1. The molecule has 1 aromatic rings. The van der Waals surface area contributed by atoms with Gasteiger partial charge >= 0.3 is 0 Å². The summed E-state index contributed by atoms with van der Waals surface area (Å²) < 4.78 is 12.8. The minimum Gasteiger partial charge on any atom is -0.487 e. The average Bonchev–Trinajstić information content (AvgIpc) is 2.37. The number of rotatable bonds is 5. The maximum atomic E-state index is 6.11. The standard InChI is InChI=1S/C15H22BrNO2/c1-4-18-15-12(17)8-14(15)19-13-6-5-10(16)7-11(13)9(2)3/h5-7,9,12,14-15H,4,8,17H2,1-3H3. The molecule has 106 valence electrons. The van der Waals surface area contributed by atoms with Crippen molar-refractivity contribution in [3.8, 4) is 5.75 Å². The lowest BCUT2D eigenvalue weighted by atomic mass is 9.86. The van der Waals surface area contributed by atoms with Crippen LogP contribution < -0.4 is 10.5 Å². The monoisotopic (exact) mass is 327 g/mol. The van der Waals surface area contributed by atoms with Crippen LogP contribution in [-0.2, 0) is 4.74 Å². The lowest BCUT2D eigenvalue weighted by molar-refractivity contribution is -0.0948. The van der Waals surface area contributed by atoms with E-state index in [1.54, 1.807) is 0 Å². The van der Waals surface area contributed by atoms with E-state index in [0.29, 0.717) is 12.5 Å². The van der Waals surface area contributed by atoms with Gasteiger partial charge in [0.25, 0.3) is 0 Å². The summed E-state index contributed by atoms with van der Waals surface area (Å²) in [6, 6.07) is 6.25. The van der Waals surface area contributed by atoms with Crippen LogP contribution in [0.4, 0.5) is 0 Å². The Kier molecular flexibility index (Phi) is 4.87. The zero-order chi connectivity index (χ0) is 14.0. The highest BCUT2D eigenvalue weighted by atomic mass is 79.9. The normalized spacial score (nSPS) is 26.3. The zero-order valence-electron chi connectivity index (χ0n) is 11.7. The minimum atomic E-state index is 0.0219. The lowest BCUT2D eigenvalue weighted by Gasteiger charge is -2.42. The van der Waals surface area contributed by atoms with Crippen molar-refractivity contribution < 1.29 is 9.47 Å². The number of nitrogens with two attached hydrogens (primary N) is 1. The van der Waals surface area contributed by atoms with Crippen LogP contribution in [0.15, 0.2) is 22.7 Å². The Morgan fingerprint density at radius 3 is 2.74 bits per heavy atom. The molecular formula is C15H22BrNO2. The zero-order valence-corrected chi connectivity index (χ0v) is 13.3. The maximum absolute atomic E-state index is 6.11. The van der Waals surface area contributed by atoms with Crippen molar-refractivity contribution >= 4 is 15.9 Å². The summed E-state index contributed by atoms with van der Waals surface area (Å²) in [6.07, 6.45) is 0.959. The largest absolute Gasteiger partial charge is 0.487 e. The van der Waals surface area contributed by atoms with Crippen LogP contribution in [0.5, 0.6) is 5.75 Å². The molecule has 1 saturated carbocycles. The van der Waals surface area contributed by atoms with Gasteiger partial charge in [0, 0.05) is 23.5 Å². The van der Waals surface area contributed by atoms with E-state index in [9.17, 15) is 0 Å². The fourth-order valence-electron chi connectivity index (χ4n) is 2.40. The summed E-state index contributed by atoms with van der Waals surface area (Å²) in [6.45, 7) is 7.00. The molecule has 3 atom stereocenters. The van der Waals surface area contributed by atoms with E-state index in [2.05, 4.69) is 35.8 Å². The van der Waals surface area contributed by atoms with Crippen LogP contribution in [0, 0.1) is 0 Å². The van der Waals surface area contributed by atoms with E-state index in [1.165, 1.54) is 5.56 Å². The second-order valence-corrected chi connectivity index (χ2v) is 6.23. The van der Waals surface area contributed by atoms with Gasteiger partial charge in [0.15, 0.2) is 0 Å². The third-order valence-corrected chi connectivity index (χ3v) is 4.02. The molecule has 3 nitrogen and oxygen atoms in total. The van der Waals surface area contributed by atoms with Crippen molar-refractivity contribution in [1.29, 1.82) is 0 Å². The number of benzene rings is 1. The molecule has 0 aromatic heterocycles. The van der Waals surface area contributed by atoms with E-state index in [0.717, 1.165) is 16.6 Å². The van der Waals surface area contributed by atoms with E-state index < -0.39 is 0 Å². The fraction of sp³-hybridized carbons (Fsp3) is 0.600. The maximum Gasteiger partial charge on any atom is 0.128 e. The minimum absolute atomic E-state index is 0.0219. The van der Waals surface area contributed by atoms with Gasteiger partial charge in [-0.3, -0.25) is 0 Å². The molecule has 2 rings (SSSR count). The number of hydrogen-bond acceptors (Lipinski definition) is 3. The Balaban J connectivity index is 2.11. The smallest absolute Gasteiger partial charge is 0.128 e. The molecule has 1 aromatic carbocycles. The first-order valence-corrected chi connectivity index (χ1v) is 7.65. The summed E-state index contributed by atoms with van der Waals surface area (Å²) in [5.41, 5.74) is 7.18. The van der Waals surface area contributed by atoms with Crippen LogP contribution in [-0.4, -0.2) is 24.9 Å². The van der Waals surface area contributed by atoms with Crippen LogP contribution in [0.2, 0.25) is 0 Å². The molecule has 0 radical (unpaired) electrons. The van der Waals surface area contributed by atoms with Crippen LogP contribution >= 0.6 is 15.9 Å². The van der Waals surface area contributed by atoms with E-state index >= 15 is 0 Å². The molecule has 2 N–H and O–H groups in total. The Labute approximate surface area is 123 Å². The van der Waals surface area contributed by atoms with Crippen molar-refractivity contribution in [2.45, 2.75) is 51.4 Å². The third kappa shape index (κ3) is 3.30. The van der Waals surface area contributed by atoms with Crippen LogP contribution in [0.3, 0.4) is 0 Å². The van der Waals surface area contributed by atoms with E-state index in [4.69, 9.17) is 15.2 Å². The number of ether oxygens (including phenoxy) is 2. The van der Waals surface area contributed by atoms with Gasteiger partial charge in [-0.25, -0.2) is 0 Å². The fourth-order valence-corrected chi connectivity index (χ4v) is 2.77. The molecular weight excluding hydrogens is 306 g/mol. The molecule has 0 heterocycles. The Hall–Kier alpha value is -0.580. The van der Waals surface area contributed by atoms with Crippen molar-refractivity contribution in [3.63, 3.8) is 0 Å². The Morgan fingerprint density at radius 1 is 1.42 bits per heavy atom. The van der Waals surface area contributed by atoms with Crippen LogP contribution in [0.1, 0.15) is 38.7 Å². The molecule has 0 saturated heterocycles. The first-order valence-electron chi connectivity index (χ1n) is 6.86. The Bertz CT molecular complexity index is 436. The van der Waals surface area contributed by atoms with Crippen molar-refractivity contribution in [1.82, 2.24) is 0 Å². The van der Waals surface area contributed by atoms with Gasteiger partial charge in [-0.1, -0.05) is 29.8 Å². The number of hydrogen-bond donors (Lipinski definition) is 1. The molecule has 0 spiro atoms. The lowest BCUT2D eigenvalue weighted by Crippen LogP contribution is -2.59. The summed E-state index contributed by atoms with van der Waals surface area (Å²) in [5.74, 6) is 1.37. The van der Waals surface area contributed by atoms with Gasteiger partial charge in [-0.15, -0.1) is 0 Å². The molecule has 1 aliphatic carbocycles. The van der Waals surface area contributed by atoms with Gasteiger partial charge < -0.3 is 15.2 Å². The summed E-state index contributed by atoms with van der Waals surface area (Å²) in [7, 11) is 0. The summed E-state index contributed by atoms with van der Waals surface area (Å²) in [4.78, 5) is 0. The first-order chi connectivity index (χ1) is 9.02. The Morgan fingerprint density at radius 2 is 2.16 bits per heavy atom. The molecule has 0 amide bonds. The summed E-state index contributed by atoms with van der Waals surface area (Å²) in [5, 5.41) is 0. The van der Waals surface area contributed by atoms with E-state index in [-0.39, 0.29) is 18.2 Å². The second-order valence-electron chi connectivity index (χ2n) is 5.31. The molecule has 1 aliphatic rings. The predicted octanol–water partition coefficient (Wildman–Crippen LogP) is 3.46. The van der Waals surface area contributed by atoms with Gasteiger partial charge in [0.2, 0.25) is 0 Å². The van der Waals surface area contributed by atoms with Crippen molar-refractivity contribution in [3.05, 3.63) is 28.2 Å². The third-order valence-electron chi connectivity index (χ3n) is 3.52. The predicted molar refractivity (Wildman–Crippen MR) is 80.7 cm³/mol. The van der Waals surface area contributed by atoms with Crippen molar-refractivity contribution in [2.24, 2.45) is 5.73 Å². The molecule has 19 heavy (non-hydrogen) atoms. The highest BCUT2D eigenvalue weighted by Crippen LogP contribution is 2.34. The molecule has 3 unspecified atom stereocenters. The highest BCUT2D eigenvalue weighted by Gasteiger charge is 2.41. The quantitative estimate of drug-likeness (QED) is 0.900. The first kappa shape index (κ1) is 14.8. The molecule has 0 bridgehead atoms. The van der Waals surface area contributed by atoms with Crippen molar-refractivity contribution in [2.75, 3.05) is 6.61 Å². The molecule has 0 aliphatic heterocycles. The summed E-state index contributed by atoms with van der Waals surface area (Å²) >= 11 is 3.51. The molecule has 4 heteroatoms. The second kappa shape index (κ2) is 6.25. The average molecular weight is 328 g/mol. The molecule has 1 fully saturated rings. The van der Waals surface area contributed by atoms with Gasteiger partial charge in [-0.2, -0.15) is 0 Å². The highest BCUT2D eigenvalue weighted by molar-refractivity contribution is 9.10. The SMILES string of the molecule is CCOC1C(N)CC1Oc1ccc(Br)cc1C(C)C. The van der Waals surface area contributed by atoms with E-state index in [1.807, 2.05) is 19.1 Å². The van der Waals surface area contributed by atoms with Gasteiger partial charge in [0.1, 0.15) is 18.0 Å².